The highest BCUT2D eigenvalue weighted by Gasteiger charge is 2.22. The lowest BCUT2D eigenvalue weighted by Crippen LogP contribution is -2.25. The Hall–Kier alpha value is -2.37. The first kappa shape index (κ1) is 17.5. The number of nitrogens with one attached hydrogen (secondary N) is 1. The van der Waals surface area contributed by atoms with Gasteiger partial charge < -0.3 is 15.0 Å². The van der Waals surface area contributed by atoms with Crippen LogP contribution in [-0.2, 0) is 27.4 Å². The molecule has 0 atom stereocenters. The molecule has 0 unspecified atom stereocenters. The van der Waals surface area contributed by atoms with E-state index in [1.54, 1.807) is 24.0 Å². The van der Waals surface area contributed by atoms with Crippen LogP contribution < -0.4 is 10.2 Å². The Kier molecular flexibility index (Phi) is 5.36. The van der Waals surface area contributed by atoms with Gasteiger partial charge in [0.15, 0.2) is 0 Å². The monoisotopic (exact) mass is 358 g/mol. The van der Waals surface area contributed by atoms with Crippen molar-refractivity contribution in [1.29, 1.82) is 0 Å². The van der Waals surface area contributed by atoms with Gasteiger partial charge in [0.2, 0.25) is 11.8 Å². The van der Waals surface area contributed by atoms with Crippen molar-refractivity contribution in [2.75, 3.05) is 23.4 Å². The molecule has 3 rings (SSSR count). The van der Waals surface area contributed by atoms with Crippen molar-refractivity contribution in [3.05, 3.63) is 58.6 Å². The Morgan fingerprint density at radius 2 is 2.04 bits per heavy atom. The molecule has 1 aliphatic heterocycles. The summed E-state index contributed by atoms with van der Waals surface area (Å²) in [7, 11) is 0. The van der Waals surface area contributed by atoms with E-state index in [0.717, 1.165) is 23.2 Å². The largest absolute Gasteiger partial charge is 0.367 e. The summed E-state index contributed by atoms with van der Waals surface area (Å²) in [5.74, 6) is -0.197. The Morgan fingerprint density at radius 1 is 1.24 bits per heavy atom. The molecule has 0 radical (unpaired) electrons. The summed E-state index contributed by atoms with van der Waals surface area (Å²) in [6, 6.07) is 12.9. The quantitative estimate of drug-likeness (QED) is 0.891. The first-order valence-corrected chi connectivity index (χ1v) is 8.44. The number of amides is 2. The zero-order valence-corrected chi connectivity index (χ0v) is 14.7. The molecule has 25 heavy (non-hydrogen) atoms. The number of ether oxygens (including phenoxy) is 1. The first-order valence-electron chi connectivity index (χ1n) is 8.06. The molecule has 0 saturated carbocycles. The molecule has 5 nitrogen and oxygen atoms in total. The molecule has 0 aliphatic carbocycles. The number of rotatable bonds is 5. The van der Waals surface area contributed by atoms with Crippen LogP contribution in [0.2, 0.25) is 5.02 Å². The summed E-state index contributed by atoms with van der Waals surface area (Å²) in [4.78, 5) is 25.3. The van der Waals surface area contributed by atoms with Crippen LogP contribution in [0.25, 0.3) is 0 Å². The molecule has 2 aromatic carbocycles. The molecule has 0 fully saturated rings. The maximum atomic E-state index is 12.0. The van der Waals surface area contributed by atoms with Gasteiger partial charge in [0.05, 0.1) is 6.61 Å². The predicted molar refractivity (Wildman–Crippen MR) is 97.9 cm³/mol. The van der Waals surface area contributed by atoms with Crippen molar-refractivity contribution < 1.29 is 14.3 Å². The summed E-state index contributed by atoms with van der Waals surface area (Å²) in [5, 5.41) is 3.44. The highest BCUT2D eigenvalue weighted by Crippen LogP contribution is 2.30. The standard InChI is InChI=1S/C19H19ClN2O3/c1-13(23)22-9-8-14-10-16(6-7-18(14)22)21-19(24)12-25-11-15-4-2-3-5-17(15)20/h2-7,10H,8-9,11-12H2,1H3,(H,21,24). The Labute approximate surface area is 151 Å². The van der Waals surface area contributed by atoms with E-state index >= 15 is 0 Å². The normalized spacial score (nSPS) is 12.8. The summed E-state index contributed by atoms with van der Waals surface area (Å²) >= 11 is 6.05. The zero-order valence-electron chi connectivity index (χ0n) is 13.9. The summed E-state index contributed by atoms with van der Waals surface area (Å²) in [5.41, 5.74) is 3.53. The topological polar surface area (TPSA) is 58.6 Å². The lowest BCUT2D eigenvalue weighted by atomic mass is 10.1. The van der Waals surface area contributed by atoms with E-state index in [0.29, 0.717) is 17.3 Å². The molecular weight excluding hydrogens is 340 g/mol. The first-order chi connectivity index (χ1) is 12.0. The number of anilines is 2. The van der Waals surface area contributed by atoms with E-state index < -0.39 is 0 Å². The van der Waals surface area contributed by atoms with Crippen LogP contribution in [0.5, 0.6) is 0 Å². The third-order valence-electron chi connectivity index (χ3n) is 4.09. The average molecular weight is 359 g/mol. The second-order valence-corrected chi connectivity index (χ2v) is 6.30. The third kappa shape index (κ3) is 4.18. The fourth-order valence-electron chi connectivity index (χ4n) is 2.87. The summed E-state index contributed by atoms with van der Waals surface area (Å²) in [6.07, 6.45) is 0.793. The van der Waals surface area contributed by atoms with Gasteiger partial charge in [-0.15, -0.1) is 0 Å². The molecule has 0 aromatic heterocycles. The number of halogens is 1. The Morgan fingerprint density at radius 3 is 2.80 bits per heavy atom. The van der Waals surface area contributed by atoms with Crippen LogP contribution in [0, 0.1) is 0 Å². The average Bonchev–Trinajstić information content (AvgIpc) is 3.00. The van der Waals surface area contributed by atoms with Gasteiger partial charge >= 0.3 is 0 Å². The van der Waals surface area contributed by atoms with Gasteiger partial charge in [-0.3, -0.25) is 9.59 Å². The molecular formula is C19H19ClN2O3. The number of carbonyl (C=O) groups excluding carboxylic acids is 2. The highest BCUT2D eigenvalue weighted by molar-refractivity contribution is 6.31. The molecule has 2 amide bonds. The minimum atomic E-state index is -0.228. The van der Waals surface area contributed by atoms with E-state index in [1.165, 1.54) is 0 Å². The number of benzene rings is 2. The number of hydrogen-bond acceptors (Lipinski definition) is 3. The van der Waals surface area contributed by atoms with Gasteiger partial charge in [0.1, 0.15) is 6.61 Å². The Balaban J connectivity index is 1.54. The molecule has 130 valence electrons. The van der Waals surface area contributed by atoms with Gasteiger partial charge in [-0.1, -0.05) is 29.8 Å². The summed E-state index contributed by atoms with van der Waals surface area (Å²) < 4.78 is 5.43. The molecule has 0 saturated heterocycles. The molecule has 2 aromatic rings. The maximum Gasteiger partial charge on any atom is 0.250 e. The van der Waals surface area contributed by atoms with Gasteiger partial charge in [-0.2, -0.15) is 0 Å². The predicted octanol–water partition coefficient (Wildman–Crippen LogP) is 3.40. The van der Waals surface area contributed by atoms with E-state index in [-0.39, 0.29) is 25.0 Å². The fourth-order valence-corrected chi connectivity index (χ4v) is 3.06. The van der Waals surface area contributed by atoms with Gasteiger partial charge in [0, 0.05) is 29.9 Å². The van der Waals surface area contributed by atoms with Crippen LogP contribution in [0.4, 0.5) is 11.4 Å². The maximum absolute atomic E-state index is 12.0. The number of fused-ring (bicyclic) bond motifs is 1. The van der Waals surface area contributed by atoms with E-state index in [4.69, 9.17) is 16.3 Å². The molecule has 6 heteroatoms. The van der Waals surface area contributed by atoms with Crippen LogP contribution in [0.3, 0.4) is 0 Å². The number of nitrogens with zero attached hydrogens (tertiary/aromatic N) is 1. The minimum Gasteiger partial charge on any atom is -0.367 e. The molecule has 1 heterocycles. The number of carbonyl (C=O) groups is 2. The van der Waals surface area contributed by atoms with Crippen LogP contribution >= 0.6 is 11.6 Å². The van der Waals surface area contributed by atoms with Crippen molar-refractivity contribution in [2.45, 2.75) is 20.0 Å². The fraction of sp³-hybridized carbons (Fsp3) is 0.263. The van der Waals surface area contributed by atoms with Crippen LogP contribution in [0.1, 0.15) is 18.1 Å². The van der Waals surface area contributed by atoms with E-state index in [1.807, 2.05) is 30.3 Å². The third-order valence-corrected chi connectivity index (χ3v) is 4.46. The van der Waals surface area contributed by atoms with Gasteiger partial charge in [0.25, 0.3) is 0 Å². The number of hydrogen-bond donors (Lipinski definition) is 1. The SMILES string of the molecule is CC(=O)N1CCc2cc(NC(=O)COCc3ccccc3Cl)ccc21. The van der Waals surface area contributed by atoms with Crippen LogP contribution in [-0.4, -0.2) is 25.0 Å². The molecule has 0 spiro atoms. The lowest BCUT2D eigenvalue weighted by Gasteiger charge is -2.15. The van der Waals surface area contributed by atoms with Gasteiger partial charge in [-0.25, -0.2) is 0 Å². The van der Waals surface area contributed by atoms with Crippen molar-refractivity contribution in [3.8, 4) is 0 Å². The zero-order chi connectivity index (χ0) is 17.8. The minimum absolute atomic E-state index is 0.0310. The van der Waals surface area contributed by atoms with Crippen molar-refractivity contribution in [3.63, 3.8) is 0 Å². The van der Waals surface area contributed by atoms with Crippen LogP contribution in [0.15, 0.2) is 42.5 Å². The molecule has 1 N–H and O–H groups in total. The van der Waals surface area contributed by atoms with Crippen molar-refractivity contribution >= 4 is 34.8 Å². The smallest absolute Gasteiger partial charge is 0.250 e. The second-order valence-electron chi connectivity index (χ2n) is 5.90. The highest BCUT2D eigenvalue weighted by atomic mass is 35.5. The van der Waals surface area contributed by atoms with Crippen molar-refractivity contribution in [2.24, 2.45) is 0 Å². The van der Waals surface area contributed by atoms with Gasteiger partial charge in [-0.05, 0) is 41.8 Å². The van der Waals surface area contributed by atoms with Crippen molar-refractivity contribution in [1.82, 2.24) is 0 Å². The lowest BCUT2D eigenvalue weighted by molar-refractivity contribution is -0.121. The molecule has 1 aliphatic rings. The Bertz CT molecular complexity index is 807. The van der Waals surface area contributed by atoms with E-state index in [9.17, 15) is 9.59 Å². The molecule has 0 bridgehead atoms. The summed E-state index contributed by atoms with van der Waals surface area (Å²) in [6.45, 7) is 2.47. The van der Waals surface area contributed by atoms with E-state index in [2.05, 4.69) is 5.32 Å². The second kappa shape index (κ2) is 7.68.